The van der Waals surface area contributed by atoms with Crippen LogP contribution in [-0.4, -0.2) is 18.5 Å². The number of hydrogen-bond donors (Lipinski definition) is 1. The summed E-state index contributed by atoms with van der Waals surface area (Å²) >= 11 is 0. The third-order valence-corrected chi connectivity index (χ3v) is 5.19. The first-order chi connectivity index (χ1) is 10.2. The van der Waals surface area contributed by atoms with E-state index in [1.807, 2.05) is 35.2 Å². The predicted octanol–water partition coefficient (Wildman–Crippen LogP) is 3.76. The molecule has 122 valence electrons. The molecule has 2 fully saturated rings. The summed E-state index contributed by atoms with van der Waals surface area (Å²) < 4.78 is 0. The zero-order valence-electron chi connectivity index (χ0n) is 13.1. The van der Waals surface area contributed by atoms with Crippen molar-refractivity contribution in [3.8, 4) is 0 Å². The summed E-state index contributed by atoms with van der Waals surface area (Å²) in [7, 11) is 0. The van der Waals surface area contributed by atoms with E-state index in [2.05, 4.69) is 0 Å². The molecule has 2 N–H and O–H groups in total. The Labute approximate surface area is 139 Å². The van der Waals surface area contributed by atoms with E-state index in [9.17, 15) is 4.79 Å². The van der Waals surface area contributed by atoms with E-state index >= 15 is 0 Å². The fourth-order valence-corrected chi connectivity index (χ4v) is 3.55. The molecule has 0 bridgehead atoms. The van der Waals surface area contributed by atoms with Crippen LogP contribution in [0.1, 0.15) is 44.9 Å². The van der Waals surface area contributed by atoms with Crippen molar-refractivity contribution >= 4 is 24.0 Å². The summed E-state index contributed by atoms with van der Waals surface area (Å²) in [5.41, 5.74) is 7.18. The zero-order chi connectivity index (χ0) is 14.7. The van der Waals surface area contributed by atoms with Gasteiger partial charge in [0.2, 0.25) is 5.91 Å². The number of rotatable bonds is 5. The predicted molar refractivity (Wildman–Crippen MR) is 93.3 cm³/mol. The third-order valence-electron chi connectivity index (χ3n) is 5.19. The lowest BCUT2D eigenvalue weighted by Gasteiger charge is -2.33. The van der Waals surface area contributed by atoms with Crippen LogP contribution in [0.15, 0.2) is 30.3 Å². The Balaban J connectivity index is 0.00000176. The molecule has 2 aliphatic carbocycles. The molecular weight excluding hydrogens is 296 g/mol. The third kappa shape index (κ3) is 4.02. The molecule has 0 aliphatic heterocycles. The highest BCUT2D eigenvalue weighted by molar-refractivity contribution is 5.93. The summed E-state index contributed by atoms with van der Waals surface area (Å²) in [5, 5.41) is 0. The van der Waals surface area contributed by atoms with Gasteiger partial charge in [-0.05, 0) is 49.7 Å². The Kier molecular flexibility index (Phi) is 6.27. The van der Waals surface area contributed by atoms with E-state index in [-0.39, 0.29) is 24.4 Å². The second-order valence-corrected chi connectivity index (χ2v) is 6.70. The minimum Gasteiger partial charge on any atom is -0.327 e. The van der Waals surface area contributed by atoms with Crippen molar-refractivity contribution < 1.29 is 4.79 Å². The van der Waals surface area contributed by atoms with Gasteiger partial charge in [0, 0.05) is 24.7 Å². The van der Waals surface area contributed by atoms with Crippen LogP contribution in [0.3, 0.4) is 0 Å². The number of anilines is 1. The van der Waals surface area contributed by atoms with Gasteiger partial charge in [-0.3, -0.25) is 4.79 Å². The molecule has 3 nitrogen and oxygen atoms in total. The monoisotopic (exact) mass is 322 g/mol. The van der Waals surface area contributed by atoms with E-state index in [1.165, 1.54) is 25.7 Å². The number of para-hydroxylation sites is 1. The lowest BCUT2D eigenvalue weighted by Crippen LogP contribution is -2.39. The van der Waals surface area contributed by atoms with E-state index in [4.69, 9.17) is 5.73 Å². The number of amides is 1. The van der Waals surface area contributed by atoms with Crippen molar-refractivity contribution in [3.05, 3.63) is 30.3 Å². The Hall–Kier alpha value is -1.06. The zero-order valence-corrected chi connectivity index (χ0v) is 13.9. The Morgan fingerprint density at radius 2 is 1.77 bits per heavy atom. The first-order valence-electron chi connectivity index (χ1n) is 8.35. The summed E-state index contributed by atoms with van der Waals surface area (Å²) in [6.45, 7) is 0.880. The molecule has 0 spiro atoms. The average Bonchev–Trinajstić information content (AvgIpc) is 2.84. The Morgan fingerprint density at radius 1 is 1.09 bits per heavy atom. The van der Waals surface area contributed by atoms with Gasteiger partial charge in [0.15, 0.2) is 0 Å². The molecule has 3 rings (SSSR count). The maximum Gasteiger partial charge on any atom is 0.227 e. The number of nitrogens with two attached hydrogens (primary N) is 1. The average molecular weight is 323 g/mol. The molecule has 2 atom stereocenters. The highest BCUT2D eigenvalue weighted by atomic mass is 35.5. The minimum absolute atomic E-state index is 0. The van der Waals surface area contributed by atoms with Crippen molar-refractivity contribution in [2.45, 2.75) is 51.0 Å². The van der Waals surface area contributed by atoms with Crippen LogP contribution in [0.2, 0.25) is 0 Å². The van der Waals surface area contributed by atoms with Gasteiger partial charge in [0.1, 0.15) is 0 Å². The summed E-state index contributed by atoms with van der Waals surface area (Å²) in [5.74, 6) is 1.33. The topological polar surface area (TPSA) is 46.3 Å². The SMILES string of the molecule is Cl.N[C@@H]1CCC[C@H]1CC(=O)N(CC1CCC1)c1ccccc1. The molecule has 0 radical (unpaired) electrons. The van der Waals surface area contributed by atoms with Crippen LogP contribution in [0, 0.1) is 11.8 Å². The van der Waals surface area contributed by atoms with Gasteiger partial charge >= 0.3 is 0 Å². The number of halogens is 1. The molecule has 4 heteroatoms. The van der Waals surface area contributed by atoms with Crippen LogP contribution in [0.25, 0.3) is 0 Å². The van der Waals surface area contributed by atoms with Crippen molar-refractivity contribution in [2.24, 2.45) is 17.6 Å². The lowest BCUT2D eigenvalue weighted by molar-refractivity contribution is -0.119. The van der Waals surface area contributed by atoms with Crippen molar-refractivity contribution in [1.82, 2.24) is 0 Å². The van der Waals surface area contributed by atoms with Crippen LogP contribution < -0.4 is 10.6 Å². The van der Waals surface area contributed by atoms with Gasteiger partial charge < -0.3 is 10.6 Å². The van der Waals surface area contributed by atoms with E-state index in [0.29, 0.717) is 18.3 Å². The van der Waals surface area contributed by atoms with E-state index in [1.54, 1.807) is 0 Å². The van der Waals surface area contributed by atoms with Gasteiger partial charge in [0.25, 0.3) is 0 Å². The highest BCUT2D eigenvalue weighted by Gasteiger charge is 2.30. The largest absolute Gasteiger partial charge is 0.327 e. The highest BCUT2D eigenvalue weighted by Crippen LogP contribution is 2.31. The number of benzene rings is 1. The maximum absolute atomic E-state index is 12.8. The smallest absolute Gasteiger partial charge is 0.227 e. The van der Waals surface area contributed by atoms with Gasteiger partial charge in [-0.2, -0.15) is 0 Å². The van der Waals surface area contributed by atoms with Crippen molar-refractivity contribution in [3.63, 3.8) is 0 Å². The van der Waals surface area contributed by atoms with Gasteiger partial charge in [-0.15, -0.1) is 12.4 Å². The number of carbonyl (C=O) groups is 1. The molecule has 1 amide bonds. The first-order valence-corrected chi connectivity index (χ1v) is 8.35. The Morgan fingerprint density at radius 3 is 2.32 bits per heavy atom. The summed E-state index contributed by atoms with van der Waals surface area (Å²) in [4.78, 5) is 14.8. The minimum atomic E-state index is 0. The fourth-order valence-electron chi connectivity index (χ4n) is 3.55. The quantitative estimate of drug-likeness (QED) is 0.897. The van der Waals surface area contributed by atoms with Crippen LogP contribution in [0.4, 0.5) is 5.69 Å². The molecule has 2 saturated carbocycles. The molecule has 0 heterocycles. The summed E-state index contributed by atoms with van der Waals surface area (Å²) in [6, 6.07) is 10.3. The molecular formula is C18H27ClN2O. The summed E-state index contributed by atoms with van der Waals surface area (Å²) in [6.07, 6.45) is 7.81. The first kappa shape index (κ1) is 17.3. The Bertz CT molecular complexity index is 475. The second-order valence-electron chi connectivity index (χ2n) is 6.70. The molecule has 1 aromatic carbocycles. The van der Waals surface area contributed by atoms with E-state index < -0.39 is 0 Å². The van der Waals surface area contributed by atoms with Crippen LogP contribution >= 0.6 is 12.4 Å². The van der Waals surface area contributed by atoms with Crippen molar-refractivity contribution in [1.29, 1.82) is 0 Å². The number of carbonyl (C=O) groups excluding carboxylic acids is 1. The van der Waals surface area contributed by atoms with Gasteiger partial charge in [-0.1, -0.05) is 31.0 Å². The molecule has 0 aromatic heterocycles. The standard InChI is InChI=1S/C18H26N2O.ClH/c19-17-11-5-8-15(17)12-18(21)20(13-14-6-4-7-14)16-9-2-1-3-10-16;/h1-3,9-10,14-15,17H,4-8,11-13,19H2;1H/t15-,17+;/m0./s1. The molecule has 0 unspecified atom stereocenters. The molecule has 0 saturated heterocycles. The molecule has 1 aromatic rings. The maximum atomic E-state index is 12.8. The number of nitrogens with zero attached hydrogens (tertiary/aromatic N) is 1. The molecule has 2 aliphatic rings. The lowest BCUT2D eigenvalue weighted by atomic mass is 9.85. The second kappa shape index (κ2) is 7.98. The molecule has 22 heavy (non-hydrogen) atoms. The van der Waals surface area contributed by atoms with Gasteiger partial charge in [0.05, 0.1) is 0 Å². The van der Waals surface area contributed by atoms with Crippen molar-refractivity contribution in [2.75, 3.05) is 11.4 Å². The van der Waals surface area contributed by atoms with Gasteiger partial charge in [-0.25, -0.2) is 0 Å². The fraction of sp³-hybridized carbons (Fsp3) is 0.611. The van der Waals surface area contributed by atoms with Crippen LogP contribution in [0.5, 0.6) is 0 Å². The van der Waals surface area contributed by atoms with E-state index in [0.717, 1.165) is 25.1 Å². The van der Waals surface area contributed by atoms with Crippen LogP contribution in [-0.2, 0) is 4.79 Å². The normalized spacial score (nSPS) is 24.4. The number of hydrogen-bond acceptors (Lipinski definition) is 2.